The monoisotopic (exact) mass is 634 g/mol. The number of hydrogen-bond donors (Lipinski definition) is 1. The van der Waals surface area contributed by atoms with E-state index in [2.05, 4.69) is 0 Å². The van der Waals surface area contributed by atoms with E-state index in [1.165, 1.54) is 6.07 Å². The fourth-order valence-corrected chi connectivity index (χ4v) is 6.00. The van der Waals surface area contributed by atoms with Gasteiger partial charge >= 0.3 is 12.1 Å². The number of ether oxygens (including phenoxy) is 1. The Labute approximate surface area is 265 Å². The average molecular weight is 635 g/mol. The molecular formula is C36H34ClF3N2O3. The quantitative estimate of drug-likeness (QED) is 0.139. The molecule has 5 aromatic rings. The Hall–Kier alpha value is -4.27. The highest BCUT2D eigenvalue weighted by atomic mass is 35.5. The first kappa shape index (κ1) is 32.1. The third kappa shape index (κ3) is 7.18. The number of carbonyl (C=O) groups is 1. The highest BCUT2D eigenvalue weighted by molar-refractivity contribution is 6.32. The molecule has 0 unspecified atom stereocenters. The zero-order chi connectivity index (χ0) is 32.2. The molecular weight excluding hydrogens is 601 g/mol. The van der Waals surface area contributed by atoms with Crippen LogP contribution in [0.5, 0.6) is 5.75 Å². The Kier molecular flexibility index (Phi) is 9.56. The normalized spacial score (nSPS) is 13.3. The molecule has 1 N–H and O–H groups in total. The van der Waals surface area contributed by atoms with Gasteiger partial charge in [0.05, 0.1) is 16.1 Å². The molecule has 1 aromatic heterocycles. The number of nitrogens with zero attached hydrogens (tertiary/aromatic N) is 2. The molecule has 5 rings (SSSR count). The second kappa shape index (κ2) is 13.4. The molecule has 0 aliphatic carbocycles. The van der Waals surface area contributed by atoms with Gasteiger partial charge in [0.15, 0.2) is 5.72 Å². The number of rotatable bonds is 12. The highest BCUT2D eigenvalue weighted by Crippen LogP contribution is 2.39. The van der Waals surface area contributed by atoms with Gasteiger partial charge in [-0.1, -0.05) is 97.4 Å². The van der Waals surface area contributed by atoms with E-state index in [1.54, 1.807) is 22.9 Å². The minimum atomic E-state index is -4.60. The van der Waals surface area contributed by atoms with Crippen molar-refractivity contribution in [2.45, 2.75) is 51.2 Å². The molecule has 45 heavy (non-hydrogen) atoms. The van der Waals surface area contributed by atoms with Gasteiger partial charge in [-0.2, -0.15) is 13.2 Å². The predicted octanol–water partition coefficient (Wildman–Crippen LogP) is 9.24. The van der Waals surface area contributed by atoms with Crippen molar-refractivity contribution in [2.24, 2.45) is 0 Å². The zero-order valence-electron chi connectivity index (χ0n) is 25.0. The van der Waals surface area contributed by atoms with Crippen LogP contribution in [0.4, 0.5) is 13.2 Å². The number of alkyl halides is 3. The van der Waals surface area contributed by atoms with Gasteiger partial charge in [-0.25, -0.2) is 0 Å². The molecule has 234 valence electrons. The van der Waals surface area contributed by atoms with E-state index in [0.717, 1.165) is 22.6 Å². The van der Waals surface area contributed by atoms with Crippen LogP contribution in [-0.4, -0.2) is 32.8 Å². The van der Waals surface area contributed by atoms with Gasteiger partial charge in [0.1, 0.15) is 12.3 Å². The molecule has 0 fully saturated rings. The lowest BCUT2D eigenvalue weighted by molar-refractivity contribution is -0.138. The molecule has 4 aromatic carbocycles. The number of fused-ring (bicyclic) bond motifs is 1. The second-order valence-corrected chi connectivity index (χ2v) is 11.6. The first-order valence-corrected chi connectivity index (χ1v) is 15.1. The topological polar surface area (TPSA) is 54.7 Å². The van der Waals surface area contributed by atoms with Crippen molar-refractivity contribution in [3.8, 4) is 5.75 Å². The zero-order valence-corrected chi connectivity index (χ0v) is 25.7. The van der Waals surface area contributed by atoms with Crippen molar-refractivity contribution in [3.63, 3.8) is 0 Å². The minimum Gasteiger partial charge on any atom is -0.480 e. The van der Waals surface area contributed by atoms with E-state index in [-0.39, 0.29) is 24.0 Å². The van der Waals surface area contributed by atoms with Gasteiger partial charge in [0.25, 0.3) is 0 Å². The summed E-state index contributed by atoms with van der Waals surface area (Å²) in [5, 5.41) is 9.77. The Morgan fingerprint density at radius 2 is 1.53 bits per heavy atom. The van der Waals surface area contributed by atoms with Crippen molar-refractivity contribution in [1.29, 1.82) is 0 Å². The number of hydrogen-bond acceptors (Lipinski definition) is 3. The first-order valence-electron chi connectivity index (χ1n) is 14.7. The molecule has 1 heterocycles. The second-order valence-electron chi connectivity index (χ2n) is 11.2. The van der Waals surface area contributed by atoms with Crippen molar-refractivity contribution in [1.82, 2.24) is 9.47 Å². The van der Waals surface area contributed by atoms with Crippen LogP contribution in [-0.2, 0) is 24.1 Å². The molecule has 0 radical (unpaired) electrons. The fourth-order valence-electron chi connectivity index (χ4n) is 5.71. The third-order valence-electron chi connectivity index (χ3n) is 8.29. The smallest absolute Gasteiger partial charge is 0.417 e. The van der Waals surface area contributed by atoms with Gasteiger partial charge in [0, 0.05) is 30.6 Å². The molecule has 1 atom stereocenters. The van der Waals surface area contributed by atoms with Crippen molar-refractivity contribution in [2.75, 3.05) is 6.54 Å². The molecule has 0 bridgehead atoms. The van der Waals surface area contributed by atoms with E-state index >= 15 is 0 Å². The molecule has 0 saturated heterocycles. The highest BCUT2D eigenvalue weighted by Gasteiger charge is 2.38. The summed E-state index contributed by atoms with van der Waals surface area (Å²) in [5.41, 5.74) is 1.24. The van der Waals surface area contributed by atoms with Gasteiger partial charge in [0.2, 0.25) is 0 Å². The summed E-state index contributed by atoms with van der Waals surface area (Å²) in [7, 11) is 0. The standard InChI is InChI=1S/C36H34ClF3N2O3/c1-3-35(2,45-32-19-11-18-31-28(32)20-21-41(31)24-33(43)44)42(22-27-16-10-17-30(34(27)37)36(38,39)40)23-29(25-12-6-4-7-13-25)26-14-8-5-9-15-26/h4-21,29H,3,22-24H2,1-2H3,(H,43,44)/t35-/m1/s1. The van der Waals surface area contributed by atoms with Gasteiger partial charge in [-0.15, -0.1) is 0 Å². The minimum absolute atomic E-state index is 0.0826. The summed E-state index contributed by atoms with van der Waals surface area (Å²) >= 11 is 6.45. The largest absolute Gasteiger partial charge is 0.480 e. The lowest BCUT2D eigenvalue weighted by atomic mass is 9.89. The van der Waals surface area contributed by atoms with Crippen molar-refractivity contribution >= 4 is 28.5 Å². The van der Waals surface area contributed by atoms with Crippen molar-refractivity contribution in [3.05, 3.63) is 137 Å². The number of carboxylic acids is 1. The Balaban J connectivity index is 1.61. The molecule has 0 saturated carbocycles. The first-order chi connectivity index (χ1) is 21.5. The number of carboxylic acid groups (broad SMARTS) is 1. The lowest BCUT2D eigenvalue weighted by Gasteiger charge is -2.43. The maximum atomic E-state index is 13.9. The summed E-state index contributed by atoms with van der Waals surface area (Å²) in [6.07, 6.45) is -2.42. The lowest BCUT2D eigenvalue weighted by Crippen LogP contribution is -2.51. The molecule has 0 amide bonds. The van der Waals surface area contributed by atoms with Crippen LogP contribution in [0.1, 0.15) is 48.4 Å². The molecule has 0 spiro atoms. The summed E-state index contributed by atoms with van der Waals surface area (Å²) in [4.78, 5) is 13.5. The van der Waals surface area contributed by atoms with Gasteiger partial charge in [-0.3, -0.25) is 9.69 Å². The van der Waals surface area contributed by atoms with Crippen LogP contribution in [0.15, 0.2) is 109 Å². The molecule has 5 nitrogen and oxygen atoms in total. The van der Waals surface area contributed by atoms with E-state index in [1.807, 2.05) is 97.6 Å². The summed E-state index contributed by atoms with van der Waals surface area (Å²) in [6.45, 7) is 4.18. The van der Waals surface area contributed by atoms with Crippen LogP contribution in [0.2, 0.25) is 5.02 Å². The van der Waals surface area contributed by atoms with Crippen LogP contribution in [0.3, 0.4) is 0 Å². The van der Waals surface area contributed by atoms with Crippen LogP contribution in [0, 0.1) is 0 Å². The van der Waals surface area contributed by atoms with Crippen LogP contribution in [0.25, 0.3) is 10.9 Å². The summed E-state index contributed by atoms with van der Waals surface area (Å²) < 4.78 is 50.1. The Morgan fingerprint density at radius 1 is 0.911 bits per heavy atom. The number of aromatic nitrogens is 1. The number of benzene rings is 4. The fraction of sp³-hybridized carbons (Fsp3) is 0.250. The number of aliphatic carboxylic acids is 1. The van der Waals surface area contributed by atoms with Gasteiger partial charge < -0.3 is 14.4 Å². The number of halogens is 4. The Morgan fingerprint density at radius 3 is 2.11 bits per heavy atom. The summed E-state index contributed by atoms with van der Waals surface area (Å²) in [6, 6.07) is 31.2. The van der Waals surface area contributed by atoms with E-state index in [0.29, 0.717) is 29.8 Å². The molecule has 0 aliphatic rings. The van der Waals surface area contributed by atoms with Crippen LogP contribution < -0.4 is 4.74 Å². The van der Waals surface area contributed by atoms with Crippen LogP contribution >= 0.6 is 11.6 Å². The molecule has 9 heteroatoms. The van der Waals surface area contributed by atoms with E-state index in [9.17, 15) is 23.1 Å². The molecule has 0 aliphatic heterocycles. The van der Waals surface area contributed by atoms with E-state index < -0.39 is 23.4 Å². The van der Waals surface area contributed by atoms with E-state index in [4.69, 9.17) is 16.3 Å². The average Bonchev–Trinajstić information content (AvgIpc) is 3.43. The Bertz CT molecular complexity index is 1720. The third-order valence-corrected chi connectivity index (χ3v) is 8.73. The summed E-state index contributed by atoms with van der Waals surface area (Å²) in [5.74, 6) is -0.565. The van der Waals surface area contributed by atoms with Crippen molar-refractivity contribution < 1.29 is 27.8 Å². The van der Waals surface area contributed by atoms with Gasteiger partial charge in [-0.05, 0) is 54.3 Å². The predicted molar refractivity (Wildman–Crippen MR) is 170 cm³/mol. The maximum absolute atomic E-state index is 13.9. The SMILES string of the molecule is CC[C@@](C)(Oc1cccc2c1ccn2CC(=O)O)N(Cc1cccc(C(F)(F)F)c1Cl)CC(c1ccccc1)c1ccccc1. The maximum Gasteiger partial charge on any atom is 0.417 e.